The molecule has 2 aliphatic heterocycles. The third kappa shape index (κ3) is 4.50. The highest BCUT2D eigenvalue weighted by atomic mass is 19.1. The number of ether oxygens (including phenoxy) is 1. The third-order valence-electron chi connectivity index (χ3n) is 8.90. The monoisotopic (exact) mass is 602 g/mol. The molecule has 0 spiro atoms. The standard InChI is InChI=1S/C35H28F2N6O2/c1-3-25-28(36)10-7-20-12-24(44)13-26(31(20)25)33-32(37)30-19(2)35(45-18-23-17-42-11-5-4-6-29(42)40-23)41-34(27(30)14-38-33)43-15-21-8-9-22(16-43)39-21/h1,4-7,10-14,17,21-22,39,44H,8-9,15-16,18H2,2H3. The molecule has 2 N–H and O–H groups in total. The Morgan fingerprint density at radius 1 is 1.09 bits per heavy atom. The lowest BCUT2D eigenvalue weighted by molar-refractivity contribution is 0.288. The molecule has 0 radical (unpaired) electrons. The summed E-state index contributed by atoms with van der Waals surface area (Å²) in [5, 5.41) is 15.8. The van der Waals surface area contributed by atoms with Gasteiger partial charge in [0, 0.05) is 71.0 Å². The molecule has 0 saturated carbocycles. The second kappa shape index (κ2) is 10.4. The molecule has 6 heterocycles. The van der Waals surface area contributed by atoms with Crippen molar-refractivity contribution in [3.05, 3.63) is 89.5 Å². The van der Waals surface area contributed by atoms with Crippen LogP contribution in [0.15, 0.2) is 61.1 Å². The van der Waals surface area contributed by atoms with Crippen molar-refractivity contribution in [2.75, 3.05) is 18.0 Å². The predicted molar refractivity (Wildman–Crippen MR) is 168 cm³/mol. The molecule has 2 bridgehead atoms. The number of phenolic OH excluding ortho intramolecular Hbond substituents is 1. The van der Waals surface area contributed by atoms with Crippen LogP contribution in [0.1, 0.15) is 29.7 Å². The Hall–Kier alpha value is -5.27. The van der Waals surface area contributed by atoms with Gasteiger partial charge in [-0.3, -0.25) is 4.98 Å². The number of aromatic nitrogens is 4. The van der Waals surface area contributed by atoms with Crippen LogP contribution in [0.2, 0.25) is 0 Å². The van der Waals surface area contributed by atoms with Crippen LogP contribution in [-0.4, -0.2) is 49.6 Å². The Balaban J connectivity index is 1.31. The number of fused-ring (bicyclic) bond motifs is 5. The first-order chi connectivity index (χ1) is 21.9. The molecular formula is C35H28F2N6O2. The van der Waals surface area contributed by atoms with Gasteiger partial charge in [0.25, 0.3) is 0 Å². The van der Waals surface area contributed by atoms with Gasteiger partial charge in [-0.25, -0.2) is 13.8 Å². The smallest absolute Gasteiger partial charge is 0.219 e. The first-order valence-electron chi connectivity index (χ1n) is 14.9. The number of benzene rings is 2. The molecular weight excluding hydrogens is 574 g/mol. The number of aryl methyl sites for hydroxylation is 1. The Morgan fingerprint density at radius 2 is 1.91 bits per heavy atom. The molecule has 2 saturated heterocycles. The minimum Gasteiger partial charge on any atom is -0.508 e. The van der Waals surface area contributed by atoms with Crippen molar-refractivity contribution in [1.82, 2.24) is 24.7 Å². The number of rotatable bonds is 5. The van der Waals surface area contributed by atoms with Gasteiger partial charge in [-0.1, -0.05) is 18.1 Å². The first kappa shape index (κ1) is 27.3. The zero-order valence-electron chi connectivity index (χ0n) is 24.4. The van der Waals surface area contributed by atoms with E-state index in [-0.39, 0.29) is 40.4 Å². The molecule has 4 aromatic heterocycles. The van der Waals surface area contributed by atoms with E-state index in [1.54, 1.807) is 13.1 Å². The molecule has 8 nitrogen and oxygen atoms in total. The minimum absolute atomic E-state index is 0.0243. The minimum atomic E-state index is -0.636. The molecule has 2 unspecified atom stereocenters. The van der Waals surface area contributed by atoms with Crippen LogP contribution in [0.5, 0.6) is 11.6 Å². The molecule has 0 amide bonds. The van der Waals surface area contributed by atoms with E-state index in [0.717, 1.165) is 31.6 Å². The summed E-state index contributed by atoms with van der Waals surface area (Å²) in [6, 6.07) is 12.0. The number of terminal acetylenes is 1. The molecule has 224 valence electrons. The summed E-state index contributed by atoms with van der Waals surface area (Å²) < 4.78 is 40.0. The van der Waals surface area contributed by atoms with Crippen LogP contribution < -0.4 is 15.0 Å². The summed E-state index contributed by atoms with van der Waals surface area (Å²) in [7, 11) is 0. The largest absolute Gasteiger partial charge is 0.508 e. The highest BCUT2D eigenvalue weighted by molar-refractivity contribution is 6.04. The number of hydrogen-bond donors (Lipinski definition) is 2. The Bertz CT molecular complexity index is 2160. The first-order valence-corrected chi connectivity index (χ1v) is 14.9. The molecule has 2 fully saturated rings. The summed E-state index contributed by atoms with van der Waals surface area (Å²) in [5.74, 6) is 1.90. The maximum absolute atomic E-state index is 17.0. The fourth-order valence-electron chi connectivity index (χ4n) is 6.86. The van der Waals surface area contributed by atoms with Gasteiger partial charge in [0.1, 0.15) is 35.3 Å². The number of piperazine rings is 1. The summed E-state index contributed by atoms with van der Waals surface area (Å²) >= 11 is 0. The van der Waals surface area contributed by atoms with Crippen LogP contribution in [0, 0.1) is 30.9 Å². The molecule has 10 heteroatoms. The van der Waals surface area contributed by atoms with Crippen molar-refractivity contribution in [1.29, 1.82) is 0 Å². The molecule has 2 atom stereocenters. The zero-order chi connectivity index (χ0) is 30.8. The summed E-state index contributed by atoms with van der Waals surface area (Å²) in [6.45, 7) is 3.34. The molecule has 2 aliphatic rings. The predicted octanol–water partition coefficient (Wildman–Crippen LogP) is 5.89. The Morgan fingerprint density at radius 3 is 2.69 bits per heavy atom. The lowest BCUT2D eigenvalue weighted by Crippen LogP contribution is -2.51. The van der Waals surface area contributed by atoms with Gasteiger partial charge in [-0.05, 0) is 55.5 Å². The number of halogens is 2. The number of hydrogen-bond acceptors (Lipinski definition) is 7. The van der Waals surface area contributed by atoms with E-state index >= 15 is 4.39 Å². The van der Waals surface area contributed by atoms with E-state index in [9.17, 15) is 9.50 Å². The number of nitrogens with one attached hydrogen (secondary N) is 1. The van der Waals surface area contributed by atoms with Crippen molar-refractivity contribution in [2.24, 2.45) is 0 Å². The van der Waals surface area contributed by atoms with Crippen LogP contribution in [0.25, 0.3) is 38.4 Å². The molecule has 6 aromatic rings. The third-order valence-corrected chi connectivity index (χ3v) is 8.90. The van der Waals surface area contributed by atoms with Gasteiger partial charge < -0.3 is 24.5 Å². The average molecular weight is 603 g/mol. The summed E-state index contributed by atoms with van der Waals surface area (Å²) in [5.41, 5.74) is 2.10. The van der Waals surface area contributed by atoms with Crippen LogP contribution in [0.3, 0.4) is 0 Å². The van der Waals surface area contributed by atoms with Crippen LogP contribution in [0.4, 0.5) is 14.6 Å². The number of imidazole rings is 1. The van der Waals surface area contributed by atoms with Gasteiger partial charge >= 0.3 is 0 Å². The van der Waals surface area contributed by atoms with Gasteiger partial charge in [-0.15, -0.1) is 6.42 Å². The maximum atomic E-state index is 17.0. The van der Waals surface area contributed by atoms with E-state index in [0.29, 0.717) is 45.3 Å². The lowest BCUT2D eigenvalue weighted by Gasteiger charge is -2.34. The van der Waals surface area contributed by atoms with Crippen molar-refractivity contribution in [3.8, 4) is 35.2 Å². The van der Waals surface area contributed by atoms with E-state index < -0.39 is 11.6 Å². The van der Waals surface area contributed by atoms with Gasteiger partial charge in [0.05, 0.1) is 11.3 Å². The fraction of sp³-hybridized carbons (Fsp3) is 0.229. The van der Waals surface area contributed by atoms with Crippen molar-refractivity contribution in [3.63, 3.8) is 0 Å². The number of pyridine rings is 3. The number of phenols is 1. The highest BCUT2D eigenvalue weighted by Gasteiger charge is 2.34. The second-order valence-corrected chi connectivity index (χ2v) is 11.8. The second-order valence-electron chi connectivity index (χ2n) is 11.8. The highest BCUT2D eigenvalue weighted by Crippen LogP contribution is 2.41. The summed E-state index contributed by atoms with van der Waals surface area (Å²) in [6.07, 6.45) is 13.2. The van der Waals surface area contributed by atoms with Gasteiger partial charge in [-0.2, -0.15) is 4.98 Å². The number of aromatic hydroxyl groups is 1. The Kier molecular flexibility index (Phi) is 6.32. The van der Waals surface area contributed by atoms with E-state index in [1.807, 2.05) is 35.0 Å². The normalized spacial score (nSPS) is 17.8. The molecule has 2 aromatic carbocycles. The van der Waals surface area contributed by atoms with Gasteiger partial charge in [0.2, 0.25) is 5.88 Å². The topological polar surface area (TPSA) is 87.8 Å². The fourth-order valence-corrected chi connectivity index (χ4v) is 6.86. The van der Waals surface area contributed by atoms with E-state index in [2.05, 4.69) is 26.1 Å². The van der Waals surface area contributed by atoms with Crippen LogP contribution >= 0.6 is 0 Å². The number of nitrogens with zero attached hydrogens (tertiary/aromatic N) is 5. The van der Waals surface area contributed by atoms with E-state index in [1.165, 1.54) is 24.3 Å². The van der Waals surface area contributed by atoms with Crippen molar-refractivity contribution < 1.29 is 18.6 Å². The summed E-state index contributed by atoms with van der Waals surface area (Å²) in [4.78, 5) is 16.3. The van der Waals surface area contributed by atoms with Crippen molar-refractivity contribution >= 4 is 33.0 Å². The quantitative estimate of drug-likeness (QED) is 0.238. The van der Waals surface area contributed by atoms with Gasteiger partial charge in [0.15, 0.2) is 5.82 Å². The molecule has 45 heavy (non-hydrogen) atoms. The Labute approximate surface area is 257 Å². The van der Waals surface area contributed by atoms with E-state index in [4.69, 9.17) is 16.1 Å². The molecule has 8 rings (SSSR count). The average Bonchev–Trinajstić information content (AvgIpc) is 3.61. The van der Waals surface area contributed by atoms with Crippen molar-refractivity contribution in [2.45, 2.75) is 38.5 Å². The zero-order valence-corrected chi connectivity index (χ0v) is 24.4. The number of anilines is 1. The molecule has 0 aliphatic carbocycles. The lowest BCUT2D eigenvalue weighted by atomic mass is 9.95. The maximum Gasteiger partial charge on any atom is 0.219 e. The SMILES string of the molecule is C#Cc1c(F)ccc2cc(O)cc(-c3ncc4c(N5CC6CCC(C5)N6)nc(OCc5cn6ccccc6n5)c(C)c4c3F)c12. The van der Waals surface area contributed by atoms with Crippen LogP contribution in [-0.2, 0) is 6.61 Å².